The maximum absolute atomic E-state index is 12.6. The summed E-state index contributed by atoms with van der Waals surface area (Å²) in [4.78, 5) is 12.6. The fraction of sp³-hybridized carbons (Fsp3) is 0.269. The van der Waals surface area contributed by atoms with E-state index in [0.717, 1.165) is 0 Å². The number of hydrogen-bond donors (Lipinski definition) is 0. The predicted molar refractivity (Wildman–Crippen MR) is 123 cm³/mol. The van der Waals surface area contributed by atoms with Gasteiger partial charge in [0.1, 0.15) is 17.2 Å². The Labute approximate surface area is 188 Å². The Morgan fingerprint density at radius 1 is 0.839 bits per heavy atom. The van der Waals surface area contributed by atoms with Crippen molar-refractivity contribution < 1.29 is 19.0 Å². The van der Waals surface area contributed by atoms with Crippen LogP contribution >= 0.6 is 11.6 Å². The van der Waals surface area contributed by atoms with Crippen molar-refractivity contribution in [3.8, 4) is 17.2 Å². The Kier molecular flexibility index (Phi) is 7.24. The Bertz CT molecular complexity index is 988. The average Bonchev–Trinajstić information content (AvgIpc) is 2.74. The maximum atomic E-state index is 12.6. The zero-order valence-corrected chi connectivity index (χ0v) is 19.0. The highest BCUT2D eigenvalue weighted by atomic mass is 35.5. The van der Waals surface area contributed by atoms with Crippen molar-refractivity contribution in [1.82, 2.24) is 0 Å². The van der Waals surface area contributed by atoms with Crippen LogP contribution in [0.15, 0.2) is 72.8 Å². The van der Waals surface area contributed by atoms with Gasteiger partial charge in [-0.3, -0.25) is 0 Å². The van der Waals surface area contributed by atoms with Crippen molar-refractivity contribution in [3.63, 3.8) is 0 Å². The third kappa shape index (κ3) is 6.25. The fourth-order valence-electron chi connectivity index (χ4n) is 2.99. The molecule has 0 aliphatic heterocycles. The molecule has 0 N–H and O–H groups in total. The molecule has 31 heavy (non-hydrogen) atoms. The quantitative estimate of drug-likeness (QED) is 0.368. The largest absolute Gasteiger partial charge is 0.474 e. The number of carbonyl (C=O) groups is 1. The fourth-order valence-corrected chi connectivity index (χ4v) is 3.12. The summed E-state index contributed by atoms with van der Waals surface area (Å²) in [5.74, 6) is 1.49. The number of esters is 1. The van der Waals surface area contributed by atoms with Crippen LogP contribution in [0.25, 0.3) is 0 Å². The van der Waals surface area contributed by atoms with Gasteiger partial charge in [-0.05, 0) is 66.4 Å². The van der Waals surface area contributed by atoms with Crippen molar-refractivity contribution in [2.75, 3.05) is 6.61 Å². The second-order valence-electron chi connectivity index (χ2n) is 8.15. The third-order valence-corrected chi connectivity index (χ3v) is 4.96. The van der Waals surface area contributed by atoms with Crippen LogP contribution in [0.2, 0.25) is 5.02 Å². The standard InChI is InChI=1S/C26H27ClO4/c1-5-29-25(28)24(31-23-14-8-19(9-15-23)26(2,3)4)18-6-12-21(13-7-18)30-22-16-10-20(27)11-17-22/h6-17,24H,5H2,1-4H3. The lowest BCUT2D eigenvalue weighted by Gasteiger charge is -2.21. The van der Waals surface area contributed by atoms with Gasteiger partial charge in [-0.25, -0.2) is 4.79 Å². The van der Waals surface area contributed by atoms with Crippen LogP contribution in [-0.4, -0.2) is 12.6 Å². The molecule has 3 aromatic carbocycles. The van der Waals surface area contributed by atoms with Crippen molar-refractivity contribution in [1.29, 1.82) is 0 Å². The summed E-state index contributed by atoms with van der Waals surface area (Å²) in [5.41, 5.74) is 1.91. The van der Waals surface area contributed by atoms with Gasteiger partial charge in [0.2, 0.25) is 6.10 Å². The first-order valence-electron chi connectivity index (χ1n) is 10.2. The number of ether oxygens (including phenoxy) is 3. The summed E-state index contributed by atoms with van der Waals surface area (Å²) in [5, 5.41) is 0.646. The molecule has 0 spiro atoms. The van der Waals surface area contributed by atoms with E-state index in [0.29, 0.717) is 27.8 Å². The van der Waals surface area contributed by atoms with E-state index in [1.165, 1.54) is 5.56 Å². The molecule has 162 valence electrons. The van der Waals surface area contributed by atoms with E-state index in [9.17, 15) is 4.79 Å². The van der Waals surface area contributed by atoms with Crippen molar-refractivity contribution >= 4 is 17.6 Å². The minimum Gasteiger partial charge on any atom is -0.474 e. The van der Waals surface area contributed by atoms with Gasteiger partial charge in [0.25, 0.3) is 0 Å². The molecule has 0 saturated carbocycles. The molecule has 0 aromatic heterocycles. The van der Waals surface area contributed by atoms with Gasteiger partial charge in [0.05, 0.1) is 6.61 Å². The molecule has 3 rings (SSSR count). The molecule has 1 unspecified atom stereocenters. The summed E-state index contributed by atoms with van der Waals surface area (Å²) in [6.45, 7) is 8.50. The van der Waals surface area contributed by atoms with Gasteiger partial charge in [-0.2, -0.15) is 0 Å². The van der Waals surface area contributed by atoms with Gasteiger partial charge in [0, 0.05) is 10.6 Å². The van der Waals surface area contributed by atoms with Gasteiger partial charge in [-0.15, -0.1) is 0 Å². The zero-order chi connectivity index (χ0) is 22.4. The van der Waals surface area contributed by atoms with Crippen LogP contribution in [0.5, 0.6) is 17.2 Å². The van der Waals surface area contributed by atoms with Gasteiger partial charge >= 0.3 is 5.97 Å². The topological polar surface area (TPSA) is 44.8 Å². The summed E-state index contributed by atoms with van der Waals surface area (Å²) in [6, 6.07) is 22.1. The second kappa shape index (κ2) is 9.88. The van der Waals surface area contributed by atoms with Crippen LogP contribution in [0.4, 0.5) is 0 Å². The van der Waals surface area contributed by atoms with Crippen LogP contribution in [0, 0.1) is 0 Å². The van der Waals surface area contributed by atoms with E-state index in [1.807, 2.05) is 24.3 Å². The highest BCUT2D eigenvalue weighted by molar-refractivity contribution is 6.30. The predicted octanol–water partition coefficient (Wildman–Crippen LogP) is 7.11. The van der Waals surface area contributed by atoms with E-state index in [4.69, 9.17) is 25.8 Å². The molecular weight excluding hydrogens is 412 g/mol. The van der Waals surface area contributed by atoms with E-state index < -0.39 is 12.1 Å². The molecule has 0 aliphatic rings. The van der Waals surface area contributed by atoms with Crippen molar-refractivity contribution in [2.24, 2.45) is 0 Å². The summed E-state index contributed by atoms with van der Waals surface area (Å²) < 4.78 is 17.1. The Balaban J connectivity index is 1.78. The lowest BCUT2D eigenvalue weighted by molar-refractivity contribution is -0.151. The van der Waals surface area contributed by atoms with Crippen LogP contribution in [-0.2, 0) is 14.9 Å². The Morgan fingerprint density at radius 2 is 1.35 bits per heavy atom. The first kappa shape index (κ1) is 22.7. The Hall–Kier alpha value is -2.98. The SMILES string of the molecule is CCOC(=O)C(Oc1ccc(C(C)(C)C)cc1)c1ccc(Oc2ccc(Cl)cc2)cc1. The number of hydrogen-bond acceptors (Lipinski definition) is 4. The van der Waals surface area contributed by atoms with E-state index in [2.05, 4.69) is 20.8 Å². The number of carbonyl (C=O) groups excluding carboxylic acids is 1. The van der Waals surface area contributed by atoms with Gasteiger partial charge in [-0.1, -0.05) is 56.6 Å². The molecule has 0 radical (unpaired) electrons. The molecule has 0 saturated heterocycles. The van der Waals surface area contributed by atoms with Crippen molar-refractivity contribution in [3.05, 3.63) is 88.9 Å². The Morgan fingerprint density at radius 3 is 1.87 bits per heavy atom. The molecule has 4 nitrogen and oxygen atoms in total. The first-order chi connectivity index (χ1) is 14.8. The number of halogens is 1. The van der Waals surface area contributed by atoms with Gasteiger partial charge < -0.3 is 14.2 Å². The number of rotatable bonds is 7. The zero-order valence-electron chi connectivity index (χ0n) is 18.2. The van der Waals surface area contributed by atoms with E-state index >= 15 is 0 Å². The number of benzene rings is 3. The molecule has 3 aromatic rings. The van der Waals surface area contributed by atoms with Crippen LogP contribution < -0.4 is 9.47 Å². The highest BCUT2D eigenvalue weighted by Crippen LogP contribution is 2.29. The highest BCUT2D eigenvalue weighted by Gasteiger charge is 2.25. The summed E-state index contributed by atoms with van der Waals surface area (Å²) >= 11 is 5.91. The molecule has 0 bridgehead atoms. The van der Waals surface area contributed by atoms with Gasteiger partial charge in [0.15, 0.2) is 0 Å². The monoisotopic (exact) mass is 438 g/mol. The minimum absolute atomic E-state index is 0.0407. The summed E-state index contributed by atoms with van der Waals surface area (Å²) in [7, 11) is 0. The lowest BCUT2D eigenvalue weighted by atomic mass is 9.87. The summed E-state index contributed by atoms with van der Waals surface area (Å²) in [6.07, 6.45) is -0.870. The average molecular weight is 439 g/mol. The molecule has 0 fully saturated rings. The molecule has 0 amide bonds. The molecular formula is C26H27ClO4. The minimum atomic E-state index is -0.870. The van der Waals surface area contributed by atoms with E-state index in [1.54, 1.807) is 55.5 Å². The normalized spacial score (nSPS) is 12.2. The molecule has 1 atom stereocenters. The maximum Gasteiger partial charge on any atom is 0.352 e. The smallest absolute Gasteiger partial charge is 0.352 e. The van der Waals surface area contributed by atoms with Crippen LogP contribution in [0.3, 0.4) is 0 Å². The molecule has 5 heteroatoms. The van der Waals surface area contributed by atoms with E-state index in [-0.39, 0.29) is 12.0 Å². The van der Waals surface area contributed by atoms with Crippen LogP contribution in [0.1, 0.15) is 44.9 Å². The third-order valence-electron chi connectivity index (χ3n) is 4.71. The molecule has 0 heterocycles. The second-order valence-corrected chi connectivity index (χ2v) is 8.59. The lowest BCUT2D eigenvalue weighted by Crippen LogP contribution is -2.21. The van der Waals surface area contributed by atoms with Crippen molar-refractivity contribution in [2.45, 2.75) is 39.2 Å². The molecule has 0 aliphatic carbocycles. The first-order valence-corrected chi connectivity index (χ1v) is 10.6.